The van der Waals surface area contributed by atoms with E-state index in [1.165, 1.54) is 0 Å². The molecule has 0 spiro atoms. The average molecular weight is 165 g/mol. The zero-order valence-electron chi connectivity index (χ0n) is 5.34. The van der Waals surface area contributed by atoms with Crippen LogP contribution >= 0.6 is 11.6 Å². The second-order valence-corrected chi connectivity index (χ2v) is 2.21. The average Bonchev–Trinajstić information content (AvgIpc) is 1.81. The minimum Gasteiger partial charge on any atom is -0.369 e. The third-order valence-corrected chi connectivity index (χ3v) is 1.30. The molecule has 0 bridgehead atoms. The molecule has 0 saturated heterocycles. The lowest BCUT2D eigenvalue weighted by atomic mass is 10.1. The molecule has 2 amide bonds. The summed E-state index contributed by atoms with van der Waals surface area (Å²) in [6.07, 6.45) is 0.215. The van der Waals surface area contributed by atoms with Gasteiger partial charge in [-0.05, 0) is 6.42 Å². The first kappa shape index (κ1) is 9.23. The van der Waals surface area contributed by atoms with Gasteiger partial charge in [-0.25, -0.2) is 0 Å². The second kappa shape index (κ2) is 4.11. The fraction of sp³-hybridized carbons (Fsp3) is 0.600. The molecule has 58 valence electrons. The normalized spacial score (nSPS) is 9.80. The van der Waals surface area contributed by atoms with Crippen LogP contribution in [0.15, 0.2) is 0 Å². The van der Waals surface area contributed by atoms with Gasteiger partial charge in [0.25, 0.3) is 0 Å². The minimum absolute atomic E-state index is 0.205. The van der Waals surface area contributed by atoms with Crippen molar-refractivity contribution in [2.24, 2.45) is 17.4 Å². The Hall–Kier alpha value is -0.770. The molecule has 0 heterocycles. The maximum absolute atomic E-state index is 10.4. The van der Waals surface area contributed by atoms with E-state index >= 15 is 0 Å². The minimum atomic E-state index is -0.919. The van der Waals surface area contributed by atoms with Crippen LogP contribution in [0.25, 0.3) is 0 Å². The fourth-order valence-electron chi connectivity index (χ4n) is 0.534. The third-order valence-electron chi connectivity index (χ3n) is 1.08. The lowest BCUT2D eigenvalue weighted by Gasteiger charge is -2.04. The molecule has 0 aliphatic heterocycles. The number of alkyl halides is 1. The summed E-state index contributed by atoms with van der Waals surface area (Å²) in [5, 5.41) is 0. The molecule has 0 unspecified atom stereocenters. The maximum atomic E-state index is 10.4. The van der Waals surface area contributed by atoms with E-state index in [0.717, 1.165) is 0 Å². The van der Waals surface area contributed by atoms with E-state index in [0.29, 0.717) is 0 Å². The zero-order valence-corrected chi connectivity index (χ0v) is 6.10. The number of nitrogens with two attached hydrogens (primary N) is 2. The van der Waals surface area contributed by atoms with Gasteiger partial charge < -0.3 is 11.5 Å². The van der Waals surface area contributed by atoms with Crippen molar-refractivity contribution >= 4 is 23.4 Å². The Morgan fingerprint density at radius 2 is 1.70 bits per heavy atom. The van der Waals surface area contributed by atoms with E-state index in [1.807, 2.05) is 0 Å². The standard InChI is InChI=1S/C5H9ClN2O2/c6-2-1-3(4(7)9)5(8)10/h3H,1-2H2,(H2,7,9)(H2,8,10). The number of amides is 2. The highest BCUT2D eigenvalue weighted by Gasteiger charge is 2.20. The highest BCUT2D eigenvalue weighted by atomic mass is 35.5. The van der Waals surface area contributed by atoms with Gasteiger partial charge in [-0.3, -0.25) is 9.59 Å². The van der Waals surface area contributed by atoms with Crippen LogP contribution in [0.3, 0.4) is 0 Å². The van der Waals surface area contributed by atoms with Crippen molar-refractivity contribution in [1.29, 1.82) is 0 Å². The molecule has 10 heavy (non-hydrogen) atoms. The molecule has 5 heteroatoms. The zero-order chi connectivity index (χ0) is 8.15. The molecule has 0 aliphatic carbocycles. The number of hydrogen-bond acceptors (Lipinski definition) is 2. The van der Waals surface area contributed by atoms with Crippen LogP contribution in [0.5, 0.6) is 0 Å². The van der Waals surface area contributed by atoms with Gasteiger partial charge in [-0.1, -0.05) is 0 Å². The van der Waals surface area contributed by atoms with Crippen LogP contribution < -0.4 is 11.5 Å². The molecule has 0 fully saturated rings. The van der Waals surface area contributed by atoms with Gasteiger partial charge in [0.1, 0.15) is 5.92 Å². The van der Waals surface area contributed by atoms with Gasteiger partial charge in [-0.15, -0.1) is 11.6 Å². The molecule has 0 aromatic carbocycles. The molecule has 0 aromatic rings. The highest BCUT2D eigenvalue weighted by Crippen LogP contribution is 2.01. The van der Waals surface area contributed by atoms with Gasteiger partial charge in [0.05, 0.1) is 0 Å². The van der Waals surface area contributed by atoms with E-state index in [9.17, 15) is 9.59 Å². The quantitative estimate of drug-likeness (QED) is 0.421. The van der Waals surface area contributed by atoms with Crippen molar-refractivity contribution in [3.8, 4) is 0 Å². The van der Waals surface area contributed by atoms with E-state index in [-0.39, 0.29) is 12.3 Å². The Balaban J connectivity index is 3.98. The van der Waals surface area contributed by atoms with Crippen LogP contribution in [-0.2, 0) is 9.59 Å². The first-order valence-electron chi connectivity index (χ1n) is 2.74. The smallest absolute Gasteiger partial charge is 0.230 e. The summed E-state index contributed by atoms with van der Waals surface area (Å²) < 4.78 is 0. The first-order chi connectivity index (χ1) is 4.59. The number of halogens is 1. The topological polar surface area (TPSA) is 86.2 Å². The van der Waals surface area contributed by atoms with Gasteiger partial charge in [0, 0.05) is 5.88 Å². The number of primary amides is 2. The molecule has 0 rings (SSSR count). The summed E-state index contributed by atoms with van der Waals surface area (Å²) in [5.41, 5.74) is 9.65. The molecule has 4 N–H and O–H groups in total. The first-order valence-corrected chi connectivity index (χ1v) is 3.27. The molecular formula is C5H9ClN2O2. The van der Waals surface area contributed by atoms with Crippen molar-refractivity contribution < 1.29 is 9.59 Å². The number of hydrogen-bond donors (Lipinski definition) is 2. The third kappa shape index (κ3) is 2.68. The van der Waals surface area contributed by atoms with Crippen LogP contribution in [-0.4, -0.2) is 17.7 Å². The Morgan fingerprint density at radius 1 is 1.30 bits per heavy atom. The SMILES string of the molecule is NC(=O)C(CCCl)C(N)=O. The molecule has 0 aliphatic rings. The lowest BCUT2D eigenvalue weighted by molar-refractivity contribution is -0.131. The molecule has 0 aromatic heterocycles. The lowest BCUT2D eigenvalue weighted by Crippen LogP contribution is -2.35. The molecule has 0 radical (unpaired) electrons. The molecule has 0 saturated carbocycles. The van der Waals surface area contributed by atoms with Gasteiger partial charge in [0.2, 0.25) is 11.8 Å². The van der Waals surface area contributed by atoms with Crippen LogP contribution in [0.1, 0.15) is 6.42 Å². The number of rotatable bonds is 4. The van der Waals surface area contributed by atoms with Crippen molar-refractivity contribution in [1.82, 2.24) is 0 Å². The van der Waals surface area contributed by atoms with Gasteiger partial charge >= 0.3 is 0 Å². The Kier molecular flexibility index (Phi) is 3.79. The molecular weight excluding hydrogens is 156 g/mol. The van der Waals surface area contributed by atoms with Gasteiger partial charge in [0.15, 0.2) is 0 Å². The van der Waals surface area contributed by atoms with E-state index in [1.54, 1.807) is 0 Å². The van der Waals surface area contributed by atoms with Crippen LogP contribution in [0.2, 0.25) is 0 Å². The van der Waals surface area contributed by atoms with Crippen molar-refractivity contribution in [2.45, 2.75) is 6.42 Å². The molecule has 4 nitrogen and oxygen atoms in total. The monoisotopic (exact) mass is 164 g/mol. The fourth-order valence-corrected chi connectivity index (χ4v) is 0.752. The maximum Gasteiger partial charge on any atom is 0.230 e. The molecule has 0 atom stereocenters. The Morgan fingerprint density at radius 3 is 1.80 bits per heavy atom. The summed E-state index contributed by atoms with van der Waals surface area (Å²) in [7, 11) is 0. The summed E-state index contributed by atoms with van der Waals surface area (Å²) in [6, 6.07) is 0. The van der Waals surface area contributed by atoms with E-state index < -0.39 is 17.7 Å². The van der Waals surface area contributed by atoms with E-state index in [2.05, 4.69) is 0 Å². The highest BCUT2D eigenvalue weighted by molar-refractivity contribution is 6.18. The van der Waals surface area contributed by atoms with E-state index in [4.69, 9.17) is 23.1 Å². The summed E-state index contributed by atoms with van der Waals surface area (Å²) in [6.45, 7) is 0. The second-order valence-electron chi connectivity index (χ2n) is 1.83. The Bertz CT molecular complexity index is 135. The van der Waals surface area contributed by atoms with Crippen LogP contribution in [0, 0.1) is 5.92 Å². The predicted molar refractivity (Wildman–Crippen MR) is 37.2 cm³/mol. The largest absolute Gasteiger partial charge is 0.369 e. The predicted octanol–water partition coefficient (Wildman–Crippen LogP) is -0.798. The summed E-state index contributed by atoms with van der Waals surface area (Å²) in [4.78, 5) is 20.8. The number of carbonyl (C=O) groups is 2. The Labute approximate surface area is 63.5 Å². The van der Waals surface area contributed by atoms with Crippen molar-refractivity contribution in [3.63, 3.8) is 0 Å². The summed E-state index contributed by atoms with van der Waals surface area (Å²) >= 11 is 5.27. The van der Waals surface area contributed by atoms with Crippen molar-refractivity contribution in [2.75, 3.05) is 5.88 Å². The van der Waals surface area contributed by atoms with Crippen LogP contribution in [0.4, 0.5) is 0 Å². The van der Waals surface area contributed by atoms with Crippen molar-refractivity contribution in [3.05, 3.63) is 0 Å². The van der Waals surface area contributed by atoms with Gasteiger partial charge in [-0.2, -0.15) is 0 Å². The number of carbonyl (C=O) groups excluding carboxylic acids is 2. The summed E-state index contributed by atoms with van der Waals surface area (Å²) in [5.74, 6) is -2.14.